The lowest BCUT2D eigenvalue weighted by atomic mass is 10.1. The molecule has 1 atom stereocenters. The summed E-state index contributed by atoms with van der Waals surface area (Å²) in [4.78, 5) is 30.6. The van der Waals surface area contributed by atoms with Gasteiger partial charge >= 0.3 is 0 Å². The average molecular weight is 440 g/mol. The summed E-state index contributed by atoms with van der Waals surface area (Å²) in [6.07, 6.45) is 5.60. The Morgan fingerprint density at radius 3 is 2.77 bits per heavy atom. The van der Waals surface area contributed by atoms with Gasteiger partial charge in [0.1, 0.15) is 12.1 Å². The molecule has 9 heteroatoms. The van der Waals surface area contributed by atoms with Gasteiger partial charge in [-0.1, -0.05) is 23.7 Å². The molecule has 0 bridgehead atoms. The Morgan fingerprint density at radius 2 is 2.03 bits per heavy atom. The van der Waals surface area contributed by atoms with E-state index in [9.17, 15) is 4.79 Å². The number of carbonyl (C=O) groups excluding carboxylic acids is 1. The topological polar surface area (TPSA) is 79.2 Å². The highest BCUT2D eigenvalue weighted by Crippen LogP contribution is 2.22. The number of anilines is 1. The number of hydrogen-bond donors (Lipinski definition) is 1. The predicted molar refractivity (Wildman–Crippen MR) is 120 cm³/mol. The minimum atomic E-state index is 0.0147. The van der Waals surface area contributed by atoms with Gasteiger partial charge in [-0.15, -0.1) is 0 Å². The fourth-order valence-corrected chi connectivity index (χ4v) is 3.88. The first-order chi connectivity index (χ1) is 15.0. The third kappa shape index (κ3) is 5.39. The molecule has 1 aromatic carbocycles. The van der Waals surface area contributed by atoms with E-state index in [2.05, 4.69) is 32.1 Å². The number of aryl methyl sites for hydroxylation is 1. The van der Waals surface area contributed by atoms with E-state index in [-0.39, 0.29) is 11.9 Å². The van der Waals surface area contributed by atoms with Crippen molar-refractivity contribution in [2.24, 2.45) is 0 Å². The first-order valence-electron chi connectivity index (χ1n) is 10.3. The van der Waals surface area contributed by atoms with Crippen molar-refractivity contribution in [3.8, 4) is 5.95 Å². The molecule has 0 radical (unpaired) electrons. The van der Waals surface area contributed by atoms with Crippen molar-refractivity contribution < 1.29 is 4.79 Å². The molecular weight excluding hydrogens is 414 g/mol. The van der Waals surface area contributed by atoms with Crippen LogP contribution in [0.3, 0.4) is 0 Å². The Bertz CT molecular complexity index is 1020. The Morgan fingerprint density at radius 1 is 1.23 bits per heavy atom. The van der Waals surface area contributed by atoms with Crippen molar-refractivity contribution in [2.75, 3.05) is 31.6 Å². The number of nitrogens with one attached hydrogen (secondary N) is 1. The van der Waals surface area contributed by atoms with Crippen molar-refractivity contribution in [1.29, 1.82) is 0 Å². The van der Waals surface area contributed by atoms with Gasteiger partial charge in [-0.05, 0) is 31.7 Å². The maximum atomic E-state index is 12.7. The number of likely N-dealkylation sites (N-methyl/N-ethyl adjacent to an activating group) is 1. The summed E-state index contributed by atoms with van der Waals surface area (Å²) >= 11 is 5.93. The molecule has 8 nitrogen and oxygen atoms in total. The van der Waals surface area contributed by atoms with Crippen molar-refractivity contribution >= 4 is 23.3 Å². The molecule has 1 N–H and O–H groups in total. The molecule has 2 aromatic heterocycles. The second-order valence-electron chi connectivity index (χ2n) is 7.85. The molecule has 1 aliphatic heterocycles. The van der Waals surface area contributed by atoms with Crippen LogP contribution in [0.4, 0.5) is 5.82 Å². The second-order valence-corrected chi connectivity index (χ2v) is 8.29. The normalized spacial score (nSPS) is 17.0. The lowest BCUT2D eigenvalue weighted by Crippen LogP contribution is -2.53. The van der Waals surface area contributed by atoms with Crippen LogP contribution in [-0.2, 0) is 11.3 Å². The van der Waals surface area contributed by atoms with Crippen LogP contribution in [0.5, 0.6) is 0 Å². The van der Waals surface area contributed by atoms with Gasteiger partial charge in [-0.25, -0.2) is 9.97 Å². The van der Waals surface area contributed by atoms with Crippen LogP contribution >= 0.6 is 11.6 Å². The average Bonchev–Trinajstić information content (AvgIpc) is 3.28. The third-order valence-electron chi connectivity index (χ3n) is 5.37. The van der Waals surface area contributed by atoms with E-state index in [1.165, 1.54) is 0 Å². The monoisotopic (exact) mass is 439 g/mol. The highest BCUT2D eigenvalue weighted by atomic mass is 35.5. The number of halogens is 1. The van der Waals surface area contributed by atoms with Crippen molar-refractivity contribution in [1.82, 2.24) is 29.7 Å². The molecule has 1 saturated heterocycles. The minimum absolute atomic E-state index is 0.0147. The first kappa shape index (κ1) is 21.3. The quantitative estimate of drug-likeness (QED) is 0.635. The number of benzene rings is 1. The zero-order chi connectivity index (χ0) is 21.8. The number of carbonyl (C=O) groups is 1. The van der Waals surface area contributed by atoms with Crippen LogP contribution in [0.25, 0.3) is 5.95 Å². The van der Waals surface area contributed by atoms with E-state index < -0.39 is 0 Å². The molecule has 0 spiro atoms. The molecule has 1 fully saturated rings. The molecule has 1 aliphatic rings. The van der Waals surface area contributed by atoms with Crippen LogP contribution in [0.2, 0.25) is 5.02 Å². The predicted octanol–water partition coefficient (Wildman–Crippen LogP) is 2.45. The first-order valence-corrected chi connectivity index (χ1v) is 10.7. The van der Waals surface area contributed by atoms with Crippen LogP contribution in [-0.4, -0.2) is 63.0 Å². The van der Waals surface area contributed by atoms with Crippen molar-refractivity contribution in [2.45, 2.75) is 25.9 Å². The maximum absolute atomic E-state index is 12.7. The molecule has 0 saturated carbocycles. The zero-order valence-corrected chi connectivity index (χ0v) is 18.5. The van der Waals surface area contributed by atoms with Crippen LogP contribution in [0, 0.1) is 6.92 Å². The highest BCUT2D eigenvalue weighted by molar-refractivity contribution is 6.30. The Hall–Kier alpha value is -2.97. The van der Waals surface area contributed by atoms with Gasteiger partial charge in [0.25, 0.3) is 0 Å². The van der Waals surface area contributed by atoms with E-state index in [1.807, 2.05) is 43.5 Å². The summed E-state index contributed by atoms with van der Waals surface area (Å²) in [5, 5.41) is 3.71. The van der Waals surface area contributed by atoms with Crippen molar-refractivity contribution in [3.63, 3.8) is 0 Å². The van der Waals surface area contributed by atoms with Gasteiger partial charge in [0, 0.05) is 61.8 Å². The molecule has 1 unspecified atom stereocenters. The van der Waals surface area contributed by atoms with Crippen LogP contribution in [0.1, 0.15) is 17.7 Å². The third-order valence-corrected chi connectivity index (χ3v) is 5.62. The summed E-state index contributed by atoms with van der Waals surface area (Å²) in [6, 6.07) is 9.50. The summed E-state index contributed by atoms with van der Waals surface area (Å²) in [7, 11) is 2.08. The van der Waals surface area contributed by atoms with Crippen LogP contribution in [0.15, 0.2) is 49.1 Å². The zero-order valence-electron chi connectivity index (χ0n) is 17.7. The standard InChI is InChI=1S/C22H26ClN7O/c1-16-11-20(27-22(26-16)29-8-7-24-15-29)30-10-9-28(2)14-19(30)12-21(31)25-13-17-3-5-18(23)6-4-17/h3-8,11,15,19H,9-10,12-14H2,1-2H3,(H,25,31). The number of piperazine rings is 1. The maximum Gasteiger partial charge on any atom is 0.237 e. The molecule has 162 valence electrons. The Labute approximate surface area is 186 Å². The summed E-state index contributed by atoms with van der Waals surface area (Å²) in [6.45, 7) is 4.93. The highest BCUT2D eigenvalue weighted by Gasteiger charge is 2.29. The Kier molecular flexibility index (Phi) is 6.48. The van der Waals surface area contributed by atoms with E-state index >= 15 is 0 Å². The van der Waals surface area contributed by atoms with Gasteiger partial charge in [0.15, 0.2) is 0 Å². The van der Waals surface area contributed by atoms with Crippen molar-refractivity contribution in [3.05, 3.63) is 65.3 Å². The molecular formula is C22H26ClN7O. The summed E-state index contributed by atoms with van der Waals surface area (Å²) < 4.78 is 1.79. The fraction of sp³-hybridized carbons (Fsp3) is 0.364. The number of amides is 1. The molecule has 0 aliphatic carbocycles. The largest absolute Gasteiger partial charge is 0.352 e. The van der Waals surface area contributed by atoms with Gasteiger partial charge in [0.2, 0.25) is 11.9 Å². The molecule has 3 aromatic rings. The van der Waals surface area contributed by atoms with Crippen LogP contribution < -0.4 is 10.2 Å². The summed E-state index contributed by atoms with van der Waals surface area (Å²) in [5.74, 6) is 1.43. The Balaban J connectivity index is 1.48. The second kappa shape index (κ2) is 9.45. The molecule has 3 heterocycles. The minimum Gasteiger partial charge on any atom is -0.352 e. The molecule has 1 amide bonds. The van der Waals surface area contributed by atoms with E-state index in [1.54, 1.807) is 17.1 Å². The number of aromatic nitrogens is 4. The number of nitrogens with zero attached hydrogens (tertiary/aromatic N) is 6. The number of hydrogen-bond acceptors (Lipinski definition) is 6. The molecule has 31 heavy (non-hydrogen) atoms. The van der Waals surface area contributed by atoms with Gasteiger partial charge in [-0.3, -0.25) is 9.36 Å². The lowest BCUT2D eigenvalue weighted by molar-refractivity contribution is -0.121. The lowest BCUT2D eigenvalue weighted by Gasteiger charge is -2.40. The van der Waals surface area contributed by atoms with E-state index in [0.29, 0.717) is 23.9 Å². The summed E-state index contributed by atoms with van der Waals surface area (Å²) in [5.41, 5.74) is 1.89. The SMILES string of the molecule is Cc1cc(N2CCN(C)CC2CC(=O)NCc2ccc(Cl)cc2)nc(-n2ccnc2)n1. The molecule has 4 rings (SSSR count). The number of imidazole rings is 1. The van der Waals surface area contributed by atoms with Gasteiger partial charge < -0.3 is 15.1 Å². The number of rotatable bonds is 6. The van der Waals surface area contributed by atoms with Gasteiger partial charge in [-0.2, -0.15) is 4.98 Å². The van der Waals surface area contributed by atoms with E-state index in [4.69, 9.17) is 16.6 Å². The smallest absolute Gasteiger partial charge is 0.237 e. The van der Waals surface area contributed by atoms with Gasteiger partial charge in [0.05, 0.1) is 6.04 Å². The van der Waals surface area contributed by atoms with E-state index in [0.717, 1.165) is 36.7 Å². The fourth-order valence-electron chi connectivity index (χ4n) is 3.75.